The molecule has 0 saturated heterocycles. The Bertz CT molecular complexity index is 1020. The molecule has 0 atom stereocenters. The Hall–Kier alpha value is -2.99. The zero-order valence-electron chi connectivity index (χ0n) is 17.3. The van der Waals surface area contributed by atoms with Gasteiger partial charge in [-0.25, -0.2) is 0 Å². The van der Waals surface area contributed by atoms with Gasteiger partial charge < -0.3 is 20.1 Å². The molecule has 3 rings (SSSR count). The molecule has 2 N–H and O–H groups in total. The Morgan fingerprint density at radius 2 is 1.77 bits per heavy atom. The first-order valence-corrected chi connectivity index (χ1v) is 10.4. The average molecular weight is 469 g/mol. The number of ether oxygens (including phenoxy) is 2. The number of hydrogen-bond donors (Lipinski definition) is 2. The summed E-state index contributed by atoms with van der Waals surface area (Å²) >= 11 is 3.43. The zero-order valence-corrected chi connectivity index (χ0v) is 18.9. The van der Waals surface area contributed by atoms with Gasteiger partial charge in [-0.05, 0) is 73.0 Å². The summed E-state index contributed by atoms with van der Waals surface area (Å²) in [5.74, 6) is 0.900. The van der Waals surface area contributed by atoms with Crippen molar-refractivity contribution >= 4 is 33.2 Å². The van der Waals surface area contributed by atoms with Gasteiger partial charge >= 0.3 is 0 Å². The minimum absolute atomic E-state index is 0.0970. The van der Waals surface area contributed by atoms with Crippen molar-refractivity contribution < 1.29 is 14.3 Å². The number of carbonyl (C=O) groups excluding carboxylic acids is 1. The smallest absolute Gasteiger partial charge is 0.262 e. The van der Waals surface area contributed by atoms with Crippen molar-refractivity contribution in [2.75, 3.05) is 24.4 Å². The van der Waals surface area contributed by atoms with Crippen molar-refractivity contribution in [3.8, 4) is 11.5 Å². The predicted molar refractivity (Wildman–Crippen MR) is 125 cm³/mol. The summed E-state index contributed by atoms with van der Waals surface area (Å²) in [6, 6.07) is 19.5. The van der Waals surface area contributed by atoms with Gasteiger partial charge in [0, 0.05) is 22.4 Å². The molecule has 5 nitrogen and oxygen atoms in total. The Labute approximate surface area is 185 Å². The molecular weight excluding hydrogens is 444 g/mol. The van der Waals surface area contributed by atoms with Crippen LogP contribution in [0.15, 0.2) is 65.1 Å². The van der Waals surface area contributed by atoms with Gasteiger partial charge in [-0.2, -0.15) is 0 Å². The normalized spacial score (nSPS) is 10.4. The van der Waals surface area contributed by atoms with E-state index in [0.29, 0.717) is 18.0 Å². The summed E-state index contributed by atoms with van der Waals surface area (Å²) in [6.07, 6.45) is 0. The number of benzene rings is 3. The van der Waals surface area contributed by atoms with E-state index in [2.05, 4.69) is 26.6 Å². The molecular formula is C24H25BrN2O3. The summed E-state index contributed by atoms with van der Waals surface area (Å²) in [5.41, 5.74) is 5.04. The molecule has 156 valence electrons. The molecule has 0 fully saturated rings. The maximum atomic E-state index is 12.3. The number of anilines is 2. The minimum Gasteiger partial charge on any atom is -0.493 e. The first-order valence-electron chi connectivity index (χ1n) is 9.61. The van der Waals surface area contributed by atoms with Crippen molar-refractivity contribution in [3.63, 3.8) is 0 Å². The van der Waals surface area contributed by atoms with Crippen molar-refractivity contribution in [2.24, 2.45) is 0 Å². The number of rotatable bonds is 8. The second-order valence-electron chi connectivity index (χ2n) is 6.93. The largest absolute Gasteiger partial charge is 0.493 e. The van der Waals surface area contributed by atoms with Gasteiger partial charge in [-0.15, -0.1) is 0 Å². The summed E-state index contributed by atoms with van der Waals surface area (Å²) in [7, 11) is 1.59. The molecule has 0 aliphatic rings. The Kier molecular flexibility index (Phi) is 7.36. The van der Waals surface area contributed by atoms with Gasteiger partial charge in [0.15, 0.2) is 18.1 Å². The van der Waals surface area contributed by atoms with Crippen LogP contribution in [0.2, 0.25) is 0 Å². The molecule has 6 heteroatoms. The van der Waals surface area contributed by atoms with Gasteiger partial charge in [0.05, 0.1) is 7.11 Å². The predicted octanol–water partition coefficient (Wildman–Crippen LogP) is 5.70. The molecule has 0 aliphatic carbocycles. The van der Waals surface area contributed by atoms with Gasteiger partial charge in [0.2, 0.25) is 0 Å². The average Bonchev–Trinajstić information content (AvgIpc) is 2.75. The maximum absolute atomic E-state index is 12.3. The quantitative estimate of drug-likeness (QED) is 0.444. The molecule has 0 radical (unpaired) electrons. The monoisotopic (exact) mass is 468 g/mol. The second-order valence-corrected chi connectivity index (χ2v) is 7.85. The van der Waals surface area contributed by atoms with Crippen molar-refractivity contribution in [1.82, 2.24) is 0 Å². The number of nitrogens with one attached hydrogen (secondary N) is 2. The topological polar surface area (TPSA) is 59.6 Å². The second kappa shape index (κ2) is 10.2. The van der Waals surface area contributed by atoms with Crippen LogP contribution in [0, 0.1) is 13.8 Å². The molecule has 0 spiro atoms. The lowest BCUT2D eigenvalue weighted by molar-refractivity contribution is -0.118. The highest BCUT2D eigenvalue weighted by atomic mass is 79.9. The van der Waals surface area contributed by atoms with E-state index >= 15 is 0 Å². The molecule has 0 aliphatic heterocycles. The molecule has 1 amide bonds. The molecule has 0 aromatic heterocycles. The number of methoxy groups -OCH3 is 1. The zero-order chi connectivity index (χ0) is 21.5. The van der Waals surface area contributed by atoms with Crippen LogP contribution in [-0.2, 0) is 11.3 Å². The highest BCUT2D eigenvalue weighted by molar-refractivity contribution is 9.10. The lowest BCUT2D eigenvalue weighted by atomic mass is 10.1. The molecule has 0 unspecified atom stereocenters. The number of aryl methyl sites for hydroxylation is 1. The van der Waals surface area contributed by atoms with E-state index in [4.69, 9.17) is 9.47 Å². The van der Waals surface area contributed by atoms with Crippen LogP contribution in [0.5, 0.6) is 11.5 Å². The Balaban J connectivity index is 1.58. The fourth-order valence-corrected chi connectivity index (χ4v) is 3.19. The standard InChI is InChI=1S/C24H25BrN2O3/c1-16-5-4-6-21(17(16)2)27-24(28)15-30-22-12-7-18(13-23(22)29-3)14-26-20-10-8-19(25)9-11-20/h4-13,26H,14-15H2,1-3H3,(H,27,28). The lowest BCUT2D eigenvalue weighted by Gasteiger charge is -2.14. The van der Waals surface area contributed by atoms with Crippen LogP contribution in [0.3, 0.4) is 0 Å². The number of amides is 1. The Morgan fingerprint density at radius 1 is 1.00 bits per heavy atom. The summed E-state index contributed by atoms with van der Waals surface area (Å²) in [4.78, 5) is 12.3. The van der Waals surface area contributed by atoms with Crippen molar-refractivity contribution in [1.29, 1.82) is 0 Å². The Morgan fingerprint density at radius 3 is 2.50 bits per heavy atom. The van der Waals surface area contributed by atoms with Gasteiger partial charge in [-0.1, -0.05) is 34.1 Å². The van der Waals surface area contributed by atoms with Crippen LogP contribution in [0.1, 0.15) is 16.7 Å². The maximum Gasteiger partial charge on any atom is 0.262 e. The molecule has 0 saturated carbocycles. The molecule has 3 aromatic rings. The molecule has 30 heavy (non-hydrogen) atoms. The summed E-state index contributed by atoms with van der Waals surface area (Å²) in [5, 5.41) is 6.26. The highest BCUT2D eigenvalue weighted by Crippen LogP contribution is 2.28. The van der Waals surface area contributed by atoms with E-state index in [0.717, 1.165) is 32.5 Å². The third-order valence-corrected chi connectivity index (χ3v) is 5.34. The van der Waals surface area contributed by atoms with Crippen molar-refractivity contribution in [2.45, 2.75) is 20.4 Å². The van der Waals surface area contributed by atoms with Crippen molar-refractivity contribution in [3.05, 3.63) is 81.8 Å². The summed E-state index contributed by atoms with van der Waals surface area (Å²) < 4.78 is 12.2. The van der Waals surface area contributed by atoms with Crippen LogP contribution >= 0.6 is 15.9 Å². The highest BCUT2D eigenvalue weighted by Gasteiger charge is 2.10. The van der Waals surface area contributed by atoms with E-state index in [1.807, 2.05) is 74.5 Å². The number of halogens is 1. The van der Waals surface area contributed by atoms with E-state index in [1.165, 1.54) is 0 Å². The first kappa shape index (κ1) is 21.7. The van der Waals surface area contributed by atoms with Gasteiger partial charge in [-0.3, -0.25) is 4.79 Å². The molecule has 0 heterocycles. The van der Waals surface area contributed by atoms with Gasteiger partial charge in [0.1, 0.15) is 0 Å². The third-order valence-electron chi connectivity index (χ3n) is 4.81. The van der Waals surface area contributed by atoms with E-state index in [1.54, 1.807) is 7.11 Å². The third kappa shape index (κ3) is 5.76. The van der Waals surface area contributed by atoms with E-state index in [-0.39, 0.29) is 12.5 Å². The van der Waals surface area contributed by atoms with Crippen LogP contribution in [0.4, 0.5) is 11.4 Å². The number of hydrogen-bond acceptors (Lipinski definition) is 4. The first-order chi connectivity index (χ1) is 14.5. The fourth-order valence-electron chi connectivity index (χ4n) is 2.93. The molecule has 0 bridgehead atoms. The lowest BCUT2D eigenvalue weighted by Crippen LogP contribution is -2.21. The van der Waals surface area contributed by atoms with E-state index in [9.17, 15) is 4.79 Å². The van der Waals surface area contributed by atoms with E-state index < -0.39 is 0 Å². The SMILES string of the molecule is COc1cc(CNc2ccc(Br)cc2)ccc1OCC(=O)Nc1cccc(C)c1C. The minimum atomic E-state index is -0.216. The molecule has 3 aromatic carbocycles. The number of carbonyl (C=O) groups is 1. The van der Waals surface area contributed by atoms with Crippen LogP contribution < -0.4 is 20.1 Å². The van der Waals surface area contributed by atoms with Crippen LogP contribution in [-0.4, -0.2) is 19.6 Å². The van der Waals surface area contributed by atoms with Gasteiger partial charge in [0.25, 0.3) is 5.91 Å². The fraction of sp³-hybridized carbons (Fsp3) is 0.208. The van der Waals surface area contributed by atoms with Crippen LogP contribution in [0.25, 0.3) is 0 Å². The summed E-state index contributed by atoms with van der Waals surface area (Å²) in [6.45, 7) is 4.54.